The highest BCUT2D eigenvalue weighted by Crippen LogP contribution is 2.30. The first-order valence-electron chi connectivity index (χ1n) is 11.1. The van der Waals surface area contributed by atoms with Crippen LogP contribution in [0.2, 0.25) is 5.02 Å². The van der Waals surface area contributed by atoms with E-state index in [0.29, 0.717) is 26.1 Å². The van der Waals surface area contributed by atoms with Gasteiger partial charge in [-0.05, 0) is 49.6 Å². The molecule has 2 aliphatic heterocycles. The predicted octanol–water partition coefficient (Wildman–Crippen LogP) is 2.88. The van der Waals surface area contributed by atoms with E-state index in [2.05, 4.69) is 0 Å². The summed E-state index contributed by atoms with van der Waals surface area (Å²) in [5, 5.41) is 0.0165. The molecule has 10 heteroatoms. The van der Waals surface area contributed by atoms with Gasteiger partial charge in [0.15, 0.2) is 6.61 Å². The maximum absolute atomic E-state index is 13.3. The minimum absolute atomic E-state index is 0.0110. The lowest BCUT2D eigenvalue weighted by atomic mass is 10.0. The topological polar surface area (TPSA) is 93.2 Å². The number of hydrogen-bond acceptors (Lipinski definition) is 6. The number of morpholine rings is 1. The average molecular weight is 507 g/mol. The number of halogens is 1. The lowest BCUT2D eigenvalue weighted by Gasteiger charge is -2.35. The number of benzene rings is 2. The second-order valence-corrected chi connectivity index (χ2v) is 10.9. The number of hydrogen-bond donors (Lipinski definition) is 0. The Morgan fingerprint density at radius 1 is 1.09 bits per heavy atom. The molecule has 1 fully saturated rings. The van der Waals surface area contributed by atoms with Crippen molar-refractivity contribution in [1.29, 1.82) is 0 Å². The van der Waals surface area contributed by atoms with Crippen LogP contribution in [0.3, 0.4) is 0 Å². The predicted molar refractivity (Wildman–Crippen MR) is 126 cm³/mol. The van der Waals surface area contributed by atoms with E-state index in [-0.39, 0.29) is 40.1 Å². The maximum atomic E-state index is 13.3. The van der Waals surface area contributed by atoms with Gasteiger partial charge in [0.1, 0.15) is 4.90 Å². The Morgan fingerprint density at radius 3 is 2.47 bits per heavy atom. The fourth-order valence-electron chi connectivity index (χ4n) is 4.33. The Hall–Kier alpha value is -2.46. The number of nitrogens with zero attached hydrogens (tertiary/aromatic N) is 2. The first-order valence-corrected chi connectivity index (χ1v) is 12.9. The zero-order valence-corrected chi connectivity index (χ0v) is 20.6. The van der Waals surface area contributed by atoms with Crippen LogP contribution in [-0.2, 0) is 37.3 Å². The third-order valence-corrected chi connectivity index (χ3v) is 8.31. The molecule has 8 nitrogen and oxygen atoms in total. The Kier molecular flexibility index (Phi) is 7.28. The van der Waals surface area contributed by atoms with E-state index >= 15 is 0 Å². The fraction of sp³-hybridized carbons (Fsp3) is 0.417. The van der Waals surface area contributed by atoms with Gasteiger partial charge in [0.05, 0.1) is 22.8 Å². The smallest absolute Gasteiger partial charge is 0.338 e. The Balaban J connectivity index is 1.46. The number of amides is 1. The molecule has 2 aromatic carbocycles. The first kappa shape index (κ1) is 24.7. The lowest BCUT2D eigenvalue weighted by Crippen LogP contribution is -2.49. The minimum atomic E-state index is -3.95. The largest absolute Gasteiger partial charge is 0.452 e. The van der Waals surface area contributed by atoms with Gasteiger partial charge < -0.3 is 14.4 Å². The van der Waals surface area contributed by atoms with Crippen LogP contribution in [0, 0.1) is 0 Å². The van der Waals surface area contributed by atoms with E-state index in [1.807, 2.05) is 38.1 Å². The number of fused-ring (bicyclic) bond motifs is 1. The van der Waals surface area contributed by atoms with Crippen molar-refractivity contribution in [2.75, 3.05) is 26.2 Å². The molecule has 182 valence electrons. The van der Waals surface area contributed by atoms with Crippen molar-refractivity contribution in [1.82, 2.24) is 9.21 Å². The van der Waals surface area contributed by atoms with Gasteiger partial charge >= 0.3 is 5.97 Å². The summed E-state index contributed by atoms with van der Waals surface area (Å²) in [6.07, 6.45) is 0.388. The standard InChI is InChI=1S/C24H27ClN2O6S/c1-16-12-26(13-17(2)33-16)23(28)15-32-24(29)19-7-8-21(25)22(11-19)34(30,31)27-10-9-18-5-3-4-6-20(18)14-27/h3-8,11,16-17H,9-10,12-15H2,1-2H3/t16-,17+. The molecule has 0 unspecified atom stereocenters. The van der Waals surface area contributed by atoms with Crippen LogP contribution in [0.4, 0.5) is 0 Å². The normalized spacial score (nSPS) is 21.1. The van der Waals surface area contributed by atoms with Gasteiger partial charge in [-0.3, -0.25) is 4.79 Å². The molecule has 34 heavy (non-hydrogen) atoms. The highest BCUT2D eigenvalue weighted by atomic mass is 35.5. The molecular formula is C24H27ClN2O6S. The monoisotopic (exact) mass is 506 g/mol. The summed E-state index contributed by atoms with van der Waals surface area (Å²) in [5.41, 5.74) is 2.07. The Labute approximate surface area is 204 Å². The van der Waals surface area contributed by atoms with Gasteiger partial charge in [-0.1, -0.05) is 35.9 Å². The number of rotatable bonds is 5. The van der Waals surface area contributed by atoms with Gasteiger partial charge in [-0.15, -0.1) is 0 Å². The molecular weight excluding hydrogens is 480 g/mol. The number of carbonyl (C=O) groups is 2. The summed E-state index contributed by atoms with van der Waals surface area (Å²) in [6, 6.07) is 11.7. The van der Waals surface area contributed by atoms with Crippen LogP contribution in [-0.4, -0.2) is 67.9 Å². The maximum Gasteiger partial charge on any atom is 0.338 e. The summed E-state index contributed by atoms with van der Waals surface area (Å²) < 4.78 is 38.8. The van der Waals surface area contributed by atoms with Gasteiger partial charge in [-0.25, -0.2) is 13.2 Å². The summed E-state index contributed by atoms with van der Waals surface area (Å²) in [7, 11) is -3.95. The van der Waals surface area contributed by atoms with Crippen molar-refractivity contribution < 1.29 is 27.5 Å². The fourth-order valence-corrected chi connectivity index (χ4v) is 6.24. The Bertz CT molecular complexity index is 1190. The molecule has 2 aromatic rings. The molecule has 0 radical (unpaired) electrons. The summed E-state index contributed by atoms with van der Waals surface area (Å²) >= 11 is 6.23. The SMILES string of the molecule is C[C@@H]1CN(C(=O)COC(=O)c2ccc(Cl)c(S(=O)(=O)N3CCc4ccccc4C3)c2)C[C@H](C)O1. The molecule has 0 bridgehead atoms. The molecule has 0 saturated carbocycles. The van der Waals surface area contributed by atoms with Crippen molar-refractivity contribution in [2.45, 2.75) is 43.9 Å². The highest BCUT2D eigenvalue weighted by Gasteiger charge is 2.31. The van der Waals surface area contributed by atoms with Crippen molar-refractivity contribution in [2.24, 2.45) is 0 Å². The number of esters is 1. The van der Waals surface area contributed by atoms with Crippen LogP contribution in [0.5, 0.6) is 0 Å². The van der Waals surface area contributed by atoms with Crippen molar-refractivity contribution in [3.05, 3.63) is 64.2 Å². The van der Waals surface area contributed by atoms with E-state index in [9.17, 15) is 18.0 Å². The molecule has 0 N–H and O–H groups in total. The van der Waals surface area contributed by atoms with E-state index in [1.165, 1.54) is 22.5 Å². The van der Waals surface area contributed by atoms with Crippen LogP contribution in [0.1, 0.15) is 35.3 Å². The zero-order chi connectivity index (χ0) is 24.5. The molecule has 1 saturated heterocycles. The molecule has 0 spiro atoms. The summed E-state index contributed by atoms with van der Waals surface area (Å²) in [6.45, 7) is 4.69. The highest BCUT2D eigenvalue weighted by molar-refractivity contribution is 7.89. The summed E-state index contributed by atoms with van der Waals surface area (Å²) in [4.78, 5) is 26.5. The van der Waals surface area contributed by atoms with Crippen LogP contribution >= 0.6 is 11.6 Å². The average Bonchev–Trinajstić information content (AvgIpc) is 2.81. The van der Waals surface area contributed by atoms with Crippen molar-refractivity contribution in [3.8, 4) is 0 Å². The van der Waals surface area contributed by atoms with Crippen molar-refractivity contribution in [3.63, 3.8) is 0 Å². The quantitative estimate of drug-likeness (QED) is 0.579. The second kappa shape index (κ2) is 10.0. The second-order valence-electron chi connectivity index (χ2n) is 8.63. The number of sulfonamides is 1. The van der Waals surface area contributed by atoms with E-state index in [1.54, 1.807) is 4.90 Å². The van der Waals surface area contributed by atoms with E-state index in [4.69, 9.17) is 21.1 Å². The molecule has 0 aliphatic carbocycles. The molecule has 2 heterocycles. The van der Waals surface area contributed by atoms with Crippen LogP contribution < -0.4 is 0 Å². The van der Waals surface area contributed by atoms with Crippen molar-refractivity contribution >= 4 is 33.5 Å². The van der Waals surface area contributed by atoms with E-state index < -0.39 is 22.6 Å². The van der Waals surface area contributed by atoms with Gasteiger partial charge in [0.25, 0.3) is 5.91 Å². The van der Waals surface area contributed by atoms with Gasteiger partial charge in [0.2, 0.25) is 10.0 Å². The molecule has 2 aliphatic rings. The van der Waals surface area contributed by atoms with Crippen LogP contribution in [0.25, 0.3) is 0 Å². The Morgan fingerprint density at radius 2 is 1.76 bits per heavy atom. The zero-order valence-electron chi connectivity index (χ0n) is 19.1. The first-order chi connectivity index (χ1) is 16.1. The third kappa shape index (κ3) is 5.27. The lowest BCUT2D eigenvalue weighted by molar-refractivity contribution is -0.146. The van der Waals surface area contributed by atoms with Gasteiger partial charge in [0, 0.05) is 26.2 Å². The number of carbonyl (C=O) groups excluding carboxylic acids is 2. The molecule has 0 aromatic heterocycles. The van der Waals surface area contributed by atoms with Crippen LogP contribution in [0.15, 0.2) is 47.4 Å². The summed E-state index contributed by atoms with van der Waals surface area (Å²) in [5.74, 6) is -1.12. The van der Waals surface area contributed by atoms with E-state index in [0.717, 1.165) is 11.1 Å². The molecule has 2 atom stereocenters. The molecule has 4 rings (SSSR count). The molecule has 1 amide bonds. The van der Waals surface area contributed by atoms with Gasteiger partial charge in [-0.2, -0.15) is 4.31 Å². The minimum Gasteiger partial charge on any atom is -0.452 e. The third-order valence-electron chi connectivity index (χ3n) is 5.98. The number of ether oxygens (including phenoxy) is 2.